The van der Waals surface area contributed by atoms with E-state index in [-0.39, 0.29) is 11.8 Å². The molecule has 0 atom stereocenters. The lowest BCUT2D eigenvalue weighted by Crippen LogP contribution is -2.36. The zero-order valence-corrected chi connectivity index (χ0v) is 16.5. The van der Waals surface area contributed by atoms with Gasteiger partial charge < -0.3 is 19.9 Å². The predicted octanol–water partition coefficient (Wildman–Crippen LogP) is 1.97. The molecule has 2 saturated heterocycles. The molecule has 2 aromatic rings. The second-order valence-corrected chi connectivity index (χ2v) is 7.42. The number of carbonyl (C=O) groups excluding carboxylic acids is 2. The van der Waals surface area contributed by atoms with Crippen molar-refractivity contribution in [3.63, 3.8) is 0 Å². The highest BCUT2D eigenvalue weighted by Crippen LogP contribution is 2.15. The number of hydrogen-bond donors (Lipinski definition) is 1. The number of carbonyl (C=O) groups is 2. The molecule has 7 heteroatoms. The topological polar surface area (TPSA) is 74.8 Å². The molecule has 152 valence electrons. The van der Waals surface area contributed by atoms with E-state index in [1.54, 1.807) is 6.20 Å². The quantitative estimate of drug-likeness (QED) is 0.811. The van der Waals surface area contributed by atoms with Crippen molar-refractivity contribution in [2.45, 2.75) is 25.9 Å². The van der Waals surface area contributed by atoms with E-state index in [1.807, 2.05) is 41.3 Å². The third-order valence-electron chi connectivity index (χ3n) is 5.36. The van der Waals surface area contributed by atoms with Crippen LogP contribution in [0.25, 0.3) is 0 Å². The first kappa shape index (κ1) is 19.4. The molecule has 0 spiro atoms. The monoisotopic (exact) mass is 394 g/mol. The summed E-state index contributed by atoms with van der Waals surface area (Å²) in [6.45, 7) is 5.02. The van der Waals surface area contributed by atoms with Crippen LogP contribution in [0.3, 0.4) is 0 Å². The zero-order valence-electron chi connectivity index (χ0n) is 16.5. The van der Waals surface area contributed by atoms with Crippen LogP contribution in [0.4, 0.5) is 5.82 Å². The summed E-state index contributed by atoms with van der Waals surface area (Å²) in [5, 5.41) is 2.94. The van der Waals surface area contributed by atoms with Gasteiger partial charge in [-0.25, -0.2) is 4.98 Å². The summed E-state index contributed by atoms with van der Waals surface area (Å²) in [6, 6.07) is 11.4. The van der Waals surface area contributed by atoms with Crippen LogP contribution in [-0.2, 0) is 22.6 Å². The zero-order chi connectivity index (χ0) is 20.1. The fourth-order valence-electron chi connectivity index (χ4n) is 3.64. The van der Waals surface area contributed by atoms with Gasteiger partial charge in [-0.3, -0.25) is 9.59 Å². The summed E-state index contributed by atoms with van der Waals surface area (Å²) >= 11 is 0. The fourth-order valence-corrected chi connectivity index (χ4v) is 3.64. The Kier molecular flexibility index (Phi) is 6.05. The first-order valence-corrected chi connectivity index (χ1v) is 10.1. The third-order valence-corrected chi connectivity index (χ3v) is 5.36. The number of anilines is 1. The number of likely N-dealkylation sites (tertiary alicyclic amines) is 1. The number of benzene rings is 1. The summed E-state index contributed by atoms with van der Waals surface area (Å²) in [7, 11) is 0. The number of hydrogen-bond acceptors (Lipinski definition) is 5. The number of nitrogens with zero attached hydrogens (tertiary/aromatic N) is 3. The Balaban J connectivity index is 1.28. The molecular formula is C22H26N4O3. The maximum absolute atomic E-state index is 12.4. The maximum atomic E-state index is 12.4. The summed E-state index contributed by atoms with van der Waals surface area (Å²) in [6.07, 6.45) is 3.38. The van der Waals surface area contributed by atoms with Crippen molar-refractivity contribution < 1.29 is 14.3 Å². The normalized spacial score (nSPS) is 16.9. The lowest BCUT2D eigenvalue weighted by molar-refractivity contribution is -0.128. The molecule has 2 aliphatic rings. The van der Waals surface area contributed by atoms with Gasteiger partial charge in [-0.15, -0.1) is 0 Å². The van der Waals surface area contributed by atoms with Crippen LogP contribution in [0.2, 0.25) is 0 Å². The van der Waals surface area contributed by atoms with E-state index >= 15 is 0 Å². The molecular weight excluding hydrogens is 368 g/mol. The number of nitrogens with one attached hydrogen (secondary N) is 1. The van der Waals surface area contributed by atoms with Crippen molar-refractivity contribution >= 4 is 17.6 Å². The largest absolute Gasteiger partial charge is 0.378 e. The van der Waals surface area contributed by atoms with Crippen LogP contribution in [0, 0.1) is 0 Å². The highest BCUT2D eigenvalue weighted by molar-refractivity contribution is 5.94. The standard InChI is InChI=1S/C22H26N4O3/c27-21-2-1-9-26(21)16-17-3-6-19(7-4-17)22(28)24-15-18-5-8-20(23-14-18)25-10-12-29-13-11-25/h3-8,14H,1-2,9-13,15-16H2,(H,24,28). The Bertz CT molecular complexity index is 845. The number of rotatable bonds is 6. The van der Waals surface area contributed by atoms with Crippen LogP contribution in [0.15, 0.2) is 42.6 Å². The minimum absolute atomic E-state index is 0.119. The van der Waals surface area contributed by atoms with Gasteiger partial charge in [0.1, 0.15) is 5.82 Å². The molecule has 0 aliphatic carbocycles. The Morgan fingerprint density at radius 2 is 1.79 bits per heavy atom. The molecule has 29 heavy (non-hydrogen) atoms. The van der Waals surface area contributed by atoms with E-state index in [1.165, 1.54) is 0 Å². The molecule has 1 N–H and O–H groups in total. The molecule has 1 aromatic heterocycles. The van der Waals surface area contributed by atoms with Crippen LogP contribution >= 0.6 is 0 Å². The van der Waals surface area contributed by atoms with Gasteiger partial charge in [0.05, 0.1) is 13.2 Å². The minimum Gasteiger partial charge on any atom is -0.378 e. The molecule has 1 aromatic carbocycles. The Morgan fingerprint density at radius 3 is 2.45 bits per heavy atom. The van der Waals surface area contributed by atoms with Crippen molar-refractivity contribution in [2.24, 2.45) is 0 Å². The molecule has 2 amide bonds. The fraction of sp³-hybridized carbons (Fsp3) is 0.409. The van der Waals surface area contributed by atoms with Gasteiger partial charge in [0.25, 0.3) is 5.91 Å². The summed E-state index contributed by atoms with van der Waals surface area (Å²) < 4.78 is 5.36. The second kappa shape index (κ2) is 9.05. The van der Waals surface area contributed by atoms with E-state index in [4.69, 9.17) is 4.74 Å². The van der Waals surface area contributed by atoms with Crippen LogP contribution in [-0.4, -0.2) is 54.5 Å². The lowest BCUT2D eigenvalue weighted by Gasteiger charge is -2.27. The number of ether oxygens (including phenoxy) is 1. The van der Waals surface area contributed by atoms with Crippen LogP contribution in [0.1, 0.15) is 34.3 Å². The minimum atomic E-state index is -0.119. The van der Waals surface area contributed by atoms with E-state index < -0.39 is 0 Å². The predicted molar refractivity (Wildman–Crippen MR) is 110 cm³/mol. The molecule has 0 radical (unpaired) electrons. The van der Waals surface area contributed by atoms with Gasteiger partial charge in [0.15, 0.2) is 0 Å². The molecule has 4 rings (SSSR count). The molecule has 0 bridgehead atoms. The van der Waals surface area contributed by atoms with E-state index in [9.17, 15) is 9.59 Å². The SMILES string of the molecule is O=C(NCc1ccc(N2CCOCC2)nc1)c1ccc(CN2CCCC2=O)cc1. The molecule has 7 nitrogen and oxygen atoms in total. The second-order valence-electron chi connectivity index (χ2n) is 7.42. The number of pyridine rings is 1. The Morgan fingerprint density at radius 1 is 1.03 bits per heavy atom. The summed E-state index contributed by atoms with van der Waals surface area (Å²) in [4.78, 5) is 32.7. The van der Waals surface area contributed by atoms with Crippen molar-refractivity contribution in [1.82, 2.24) is 15.2 Å². The first-order valence-electron chi connectivity index (χ1n) is 10.1. The van der Waals surface area contributed by atoms with Crippen molar-refractivity contribution in [3.8, 4) is 0 Å². The van der Waals surface area contributed by atoms with Gasteiger partial charge in [-0.1, -0.05) is 18.2 Å². The number of amides is 2. The highest BCUT2D eigenvalue weighted by atomic mass is 16.5. The lowest BCUT2D eigenvalue weighted by atomic mass is 10.1. The molecule has 2 aliphatic heterocycles. The van der Waals surface area contributed by atoms with Crippen molar-refractivity contribution in [3.05, 3.63) is 59.3 Å². The Labute approximate surface area is 170 Å². The summed E-state index contributed by atoms with van der Waals surface area (Å²) in [5.74, 6) is 1.03. The number of morpholine rings is 1. The van der Waals surface area contributed by atoms with Gasteiger partial charge in [-0.05, 0) is 35.7 Å². The van der Waals surface area contributed by atoms with E-state index in [0.717, 1.165) is 56.2 Å². The maximum Gasteiger partial charge on any atom is 0.251 e. The molecule has 0 unspecified atom stereocenters. The molecule has 3 heterocycles. The molecule has 2 fully saturated rings. The Hall–Kier alpha value is -2.93. The summed E-state index contributed by atoms with van der Waals surface area (Å²) in [5.41, 5.74) is 2.61. The first-order chi connectivity index (χ1) is 14.2. The van der Waals surface area contributed by atoms with E-state index in [2.05, 4.69) is 15.2 Å². The average Bonchev–Trinajstić information content (AvgIpc) is 3.18. The van der Waals surface area contributed by atoms with Gasteiger partial charge in [0.2, 0.25) is 5.91 Å². The van der Waals surface area contributed by atoms with Crippen molar-refractivity contribution in [1.29, 1.82) is 0 Å². The van der Waals surface area contributed by atoms with E-state index in [0.29, 0.717) is 25.1 Å². The number of aromatic nitrogens is 1. The highest BCUT2D eigenvalue weighted by Gasteiger charge is 2.20. The van der Waals surface area contributed by atoms with Gasteiger partial charge >= 0.3 is 0 Å². The van der Waals surface area contributed by atoms with Crippen LogP contribution < -0.4 is 10.2 Å². The molecule has 0 saturated carbocycles. The smallest absolute Gasteiger partial charge is 0.251 e. The van der Waals surface area contributed by atoms with Crippen LogP contribution in [0.5, 0.6) is 0 Å². The van der Waals surface area contributed by atoms with Gasteiger partial charge in [0, 0.05) is 50.9 Å². The third kappa shape index (κ3) is 4.92. The van der Waals surface area contributed by atoms with Gasteiger partial charge in [-0.2, -0.15) is 0 Å². The average molecular weight is 394 g/mol. The van der Waals surface area contributed by atoms with Crippen molar-refractivity contribution in [2.75, 3.05) is 37.7 Å².